The van der Waals surface area contributed by atoms with Gasteiger partial charge in [0.2, 0.25) is 0 Å². The first-order valence-electron chi connectivity index (χ1n) is 5.88. The first-order valence-corrected chi connectivity index (χ1v) is 5.88. The molecule has 0 amide bonds. The molecule has 96 valence electrons. The largest absolute Gasteiger partial charge is 0.489 e. The second kappa shape index (κ2) is 5.98. The smallest absolute Gasteiger partial charge is 0.138 e. The lowest BCUT2D eigenvalue weighted by atomic mass is 9.99. The number of pyridine rings is 1. The van der Waals surface area contributed by atoms with Crippen molar-refractivity contribution in [1.82, 2.24) is 4.98 Å². The van der Waals surface area contributed by atoms with Gasteiger partial charge in [-0.3, -0.25) is 4.98 Å². The third-order valence-electron chi connectivity index (χ3n) is 2.29. The molecule has 0 saturated heterocycles. The fourth-order valence-corrected chi connectivity index (χ4v) is 1.43. The van der Waals surface area contributed by atoms with Crippen LogP contribution in [0.5, 0.6) is 5.75 Å². The Kier molecular flexibility index (Phi) is 4.90. The summed E-state index contributed by atoms with van der Waals surface area (Å²) in [6, 6.07) is 1.80. The van der Waals surface area contributed by atoms with Gasteiger partial charge < -0.3 is 14.6 Å². The van der Waals surface area contributed by atoms with Crippen LogP contribution in [0.1, 0.15) is 33.3 Å². The van der Waals surface area contributed by atoms with Crippen molar-refractivity contribution in [3.8, 4) is 5.75 Å². The molecule has 1 aromatic heterocycles. The molecule has 0 fully saturated rings. The van der Waals surface area contributed by atoms with E-state index in [9.17, 15) is 5.11 Å². The van der Waals surface area contributed by atoms with Crippen LogP contribution in [0.4, 0.5) is 0 Å². The van der Waals surface area contributed by atoms with Gasteiger partial charge in [0.1, 0.15) is 11.4 Å². The van der Waals surface area contributed by atoms with Crippen molar-refractivity contribution in [2.24, 2.45) is 0 Å². The molecule has 0 bridgehead atoms. The van der Waals surface area contributed by atoms with E-state index in [0.717, 1.165) is 0 Å². The molecule has 0 saturated carbocycles. The maximum atomic E-state index is 10.3. The molecule has 1 heterocycles. The van der Waals surface area contributed by atoms with Crippen molar-refractivity contribution >= 4 is 0 Å². The van der Waals surface area contributed by atoms with Gasteiger partial charge >= 0.3 is 0 Å². The molecule has 17 heavy (non-hydrogen) atoms. The Morgan fingerprint density at radius 2 is 2.12 bits per heavy atom. The van der Waals surface area contributed by atoms with E-state index in [1.807, 2.05) is 20.8 Å². The SMILES string of the molecule is CCOCC(C)(O)c1cncc(OC(C)C)c1. The topological polar surface area (TPSA) is 51.6 Å². The first kappa shape index (κ1) is 13.9. The average Bonchev–Trinajstić information content (AvgIpc) is 2.26. The van der Waals surface area contributed by atoms with Crippen molar-refractivity contribution in [3.63, 3.8) is 0 Å². The number of hydrogen-bond donors (Lipinski definition) is 1. The number of aromatic nitrogens is 1. The molecule has 0 aromatic carbocycles. The van der Waals surface area contributed by atoms with Crippen LogP contribution in [0.15, 0.2) is 18.5 Å². The Hall–Kier alpha value is -1.13. The van der Waals surface area contributed by atoms with Crippen molar-refractivity contribution < 1.29 is 14.6 Å². The Morgan fingerprint density at radius 3 is 2.71 bits per heavy atom. The summed E-state index contributed by atoms with van der Waals surface area (Å²) in [5, 5.41) is 10.3. The highest BCUT2D eigenvalue weighted by atomic mass is 16.5. The minimum absolute atomic E-state index is 0.0869. The van der Waals surface area contributed by atoms with Crippen LogP contribution in [0.25, 0.3) is 0 Å². The Balaban J connectivity index is 2.82. The molecule has 0 aliphatic rings. The molecule has 1 N–H and O–H groups in total. The van der Waals surface area contributed by atoms with E-state index in [4.69, 9.17) is 9.47 Å². The summed E-state index contributed by atoms with van der Waals surface area (Å²) < 4.78 is 10.8. The third kappa shape index (κ3) is 4.32. The zero-order valence-corrected chi connectivity index (χ0v) is 10.9. The van der Waals surface area contributed by atoms with Crippen LogP contribution in [0.3, 0.4) is 0 Å². The van der Waals surface area contributed by atoms with Crippen molar-refractivity contribution in [2.45, 2.75) is 39.4 Å². The van der Waals surface area contributed by atoms with Crippen LogP contribution in [0, 0.1) is 0 Å². The quantitative estimate of drug-likeness (QED) is 0.826. The lowest BCUT2D eigenvalue weighted by Gasteiger charge is -2.23. The van der Waals surface area contributed by atoms with Gasteiger partial charge in [0.15, 0.2) is 0 Å². The molecule has 1 aromatic rings. The summed E-state index contributed by atoms with van der Waals surface area (Å²) in [6.45, 7) is 8.32. The summed E-state index contributed by atoms with van der Waals surface area (Å²) >= 11 is 0. The van der Waals surface area contributed by atoms with Crippen molar-refractivity contribution in [3.05, 3.63) is 24.0 Å². The van der Waals surface area contributed by atoms with Gasteiger partial charge in [0.25, 0.3) is 0 Å². The molecular formula is C13H21NO3. The number of ether oxygens (including phenoxy) is 2. The predicted octanol–water partition coefficient (Wildman–Crippen LogP) is 2.11. The third-order valence-corrected chi connectivity index (χ3v) is 2.29. The van der Waals surface area contributed by atoms with Crippen LogP contribution in [-0.2, 0) is 10.3 Å². The van der Waals surface area contributed by atoms with E-state index in [0.29, 0.717) is 17.9 Å². The second-order valence-corrected chi connectivity index (χ2v) is 4.49. The van der Waals surface area contributed by atoms with Crippen molar-refractivity contribution in [2.75, 3.05) is 13.2 Å². The van der Waals surface area contributed by atoms with Gasteiger partial charge in [-0.15, -0.1) is 0 Å². The molecule has 4 heteroatoms. The molecule has 0 spiro atoms. The zero-order chi connectivity index (χ0) is 12.9. The maximum absolute atomic E-state index is 10.3. The van der Waals surface area contributed by atoms with Gasteiger partial charge in [-0.25, -0.2) is 0 Å². The van der Waals surface area contributed by atoms with Crippen LogP contribution < -0.4 is 4.74 Å². The molecule has 4 nitrogen and oxygen atoms in total. The highest BCUT2D eigenvalue weighted by molar-refractivity contribution is 5.27. The van der Waals surface area contributed by atoms with Crippen LogP contribution in [-0.4, -0.2) is 29.4 Å². The fraction of sp³-hybridized carbons (Fsp3) is 0.615. The van der Waals surface area contributed by atoms with Gasteiger partial charge in [-0.1, -0.05) is 0 Å². The zero-order valence-electron chi connectivity index (χ0n) is 10.9. The maximum Gasteiger partial charge on any atom is 0.138 e. The molecule has 0 aliphatic heterocycles. The lowest BCUT2D eigenvalue weighted by Crippen LogP contribution is -2.28. The number of nitrogens with zero attached hydrogens (tertiary/aromatic N) is 1. The lowest BCUT2D eigenvalue weighted by molar-refractivity contribution is -0.0347. The molecule has 1 unspecified atom stereocenters. The summed E-state index contributed by atoms with van der Waals surface area (Å²) in [4.78, 5) is 4.07. The van der Waals surface area contributed by atoms with Crippen LogP contribution in [0.2, 0.25) is 0 Å². The summed E-state index contributed by atoms with van der Waals surface area (Å²) in [5.41, 5.74) is -0.344. The average molecular weight is 239 g/mol. The highest BCUT2D eigenvalue weighted by Crippen LogP contribution is 2.24. The van der Waals surface area contributed by atoms with Crippen molar-refractivity contribution in [1.29, 1.82) is 0 Å². The van der Waals surface area contributed by atoms with E-state index in [2.05, 4.69) is 4.98 Å². The Bertz CT molecular complexity index is 350. The fourth-order valence-electron chi connectivity index (χ4n) is 1.43. The summed E-state index contributed by atoms with van der Waals surface area (Å²) in [5.74, 6) is 0.661. The Morgan fingerprint density at radius 1 is 1.41 bits per heavy atom. The van der Waals surface area contributed by atoms with E-state index in [1.54, 1.807) is 25.4 Å². The monoisotopic (exact) mass is 239 g/mol. The van der Waals surface area contributed by atoms with Gasteiger partial charge in [-0.2, -0.15) is 0 Å². The van der Waals surface area contributed by atoms with Gasteiger partial charge in [-0.05, 0) is 33.8 Å². The number of aliphatic hydroxyl groups is 1. The molecule has 1 atom stereocenters. The molecule has 0 radical (unpaired) electrons. The Labute approximate surface area is 103 Å². The van der Waals surface area contributed by atoms with Gasteiger partial charge in [0, 0.05) is 18.4 Å². The minimum atomic E-state index is -1.04. The van der Waals surface area contributed by atoms with E-state index in [1.165, 1.54) is 0 Å². The van der Waals surface area contributed by atoms with E-state index >= 15 is 0 Å². The highest BCUT2D eigenvalue weighted by Gasteiger charge is 2.24. The van der Waals surface area contributed by atoms with E-state index in [-0.39, 0.29) is 12.7 Å². The predicted molar refractivity (Wildman–Crippen MR) is 66.1 cm³/mol. The standard InChI is InChI=1S/C13H21NO3/c1-5-16-9-13(4,15)11-6-12(8-14-7-11)17-10(2)3/h6-8,10,15H,5,9H2,1-4H3. The van der Waals surface area contributed by atoms with E-state index < -0.39 is 5.60 Å². The summed E-state index contributed by atoms with van der Waals surface area (Å²) in [6.07, 6.45) is 3.36. The number of rotatable bonds is 6. The minimum Gasteiger partial charge on any atom is -0.489 e. The first-order chi connectivity index (χ1) is 7.95. The van der Waals surface area contributed by atoms with Gasteiger partial charge in [0.05, 0.1) is 18.9 Å². The van der Waals surface area contributed by atoms with Crippen LogP contribution >= 0.6 is 0 Å². The molecule has 0 aliphatic carbocycles. The summed E-state index contributed by atoms with van der Waals surface area (Å²) in [7, 11) is 0. The number of hydrogen-bond acceptors (Lipinski definition) is 4. The second-order valence-electron chi connectivity index (χ2n) is 4.49. The molecular weight excluding hydrogens is 218 g/mol. The molecule has 1 rings (SSSR count). The normalized spacial score (nSPS) is 14.7.